The molecule has 0 bridgehead atoms. The van der Waals surface area contributed by atoms with Gasteiger partial charge in [-0.05, 0) is 29.8 Å². The standard InChI is InChI=1S/C17H14ClN3O/c18-14-8-9-19-15(12-14)20-17(22)16(21-10-4-5-11-21)13-6-2-1-3-7-13/h1-12,16H,(H,19,20,22)/t16-/m1/s1. The Labute approximate surface area is 133 Å². The Morgan fingerprint density at radius 3 is 2.50 bits per heavy atom. The van der Waals surface area contributed by atoms with Gasteiger partial charge in [0.15, 0.2) is 0 Å². The first-order valence-electron chi connectivity index (χ1n) is 6.84. The first-order valence-corrected chi connectivity index (χ1v) is 7.21. The second-order valence-electron chi connectivity index (χ2n) is 4.79. The third kappa shape index (κ3) is 3.18. The summed E-state index contributed by atoms with van der Waals surface area (Å²) in [7, 11) is 0. The van der Waals surface area contributed by atoms with Gasteiger partial charge < -0.3 is 9.88 Å². The molecule has 5 heteroatoms. The number of hydrogen-bond donors (Lipinski definition) is 1. The summed E-state index contributed by atoms with van der Waals surface area (Å²) in [6.07, 6.45) is 5.29. The van der Waals surface area contributed by atoms with Crippen LogP contribution in [0.25, 0.3) is 0 Å². The van der Waals surface area contributed by atoms with Gasteiger partial charge >= 0.3 is 0 Å². The second kappa shape index (κ2) is 6.45. The highest BCUT2D eigenvalue weighted by molar-refractivity contribution is 6.30. The fourth-order valence-electron chi connectivity index (χ4n) is 2.28. The minimum Gasteiger partial charge on any atom is -0.338 e. The fraction of sp³-hybridized carbons (Fsp3) is 0.0588. The van der Waals surface area contributed by atoms with Crippen molar-refractivity contribution in [2.24, 2.45) is 0 Å². The summed E-state index contributed by atoms with van der Waals surface area (Å²) in [6, 6.07) is 16.2. The van der Waals surface area contributed by atoms with Crippen LogP contribution < -0.4 is 5.32 Å². The van der Waals surface area contributed by atoms with Gasteiger partial charge in [0, 0.05) is 23.6 Å². The van der Waals surface area contributed by atoms with E-state index in [4.69, 9.17) is 11.6 Å². The topological polar surface area (TPSA) is 46.9 Å². The number of hydrogen-bond acceptors (Lipinski definition) is 2. The molecule has 0 aliphatic rings. The molecule has 4 nitrogen and oxygen atoms in total. The third-order valence-electron chi connectivity index (χ3n) is 3.26. The highest BCUT2D eigenvalue weighted by atomic mass is 35.5. The predicted molar refractivity (Wildman–Crippen MR) is 86.9 cm³/mol. The smallest absolute Gasteiger partial charge is 0.253 e. The molecule has 0 aliphatic carbocycles. The van der Waals surface area contributed by atoms with Crippen LogP contribution in [0.4, 0.5) is 5.82 Å². The molecule has 0 saturated carbocycles. The van der Waals surface area contributed by atoms with E-state index in [1.54, 1.807) is 18.3 Å². The third-order valence-corrected chi connectivity index (χ3v) is 3.50. The van der Waals surface area contributed by atoms with E-state index in [-0.39, 0.29) is 5.91 Å². The number of carbonyl (C=O) groups is 1. The van der Waals surface area contributed by atoms with Crippen molar-refractivity contribution in [2.45, 2.75) is 6.04 Å². The van der Waals surface area contributed by atoms with Crippen LogP contribution in [0.1, 0.15) is 11.6 Å². The molecule has 2 heterocycles. The van der Waals surface area contributed by atoms with Gasteiger partial charge in [-0.25, -0.2) is 4.98 Å². The number of anilines is 1. The summed E-state index contributed by atoms with van der Waals surface area (Å²) < 4.78 is 1.86. The zero-order valence-electron chi connectivity index (χ0n) is 11.7. The zero-order valence-corrected chi connectivity index (χ0v) is 12.4. The van der Waals surface area contributed by atoms with E-state index in [1.807, 2.05) is 59.4 Å². The van der Waals surface area contributed by atoms with E-state index < -0.39 is 6.04 Å². The van der Waals surface area contributed by atoms with E-state index >= 15 is 0 Å². The fourth-order valence-corrected chi connectivity index (χ4v) is 2.44. The molecule has 22 heavy (non-hydrogen) atoms. The van der Waals surface area contributed by atoms with Crippen molar-refractivity contribution in [3.05, 3.63) is 83.8 Å². The van der Waals surface area contributed by atoms with Crippen LogP contribution in [-0.4, -0.2) is 15.5 Å². The Balaban J connectivity index is 1.91. The van der Waals surface area contributed by atoms with E-state index in [9.17, 15) is 4.79 Å². The maximum atomic E-state index is 12.7. The Bertz CT molecular complexity index is 757. The number of aromatic nitrogens is 2. The highest BCUT2D eigenvalue weighted by Crippen LogP contribution is 2.21. The summed E-state index contributed by atoms with van der Waals surface area (Å²) in [5.74, 6) is 0.266. The van der Waals surface area contributed by atoms with Crippen LogP contribution in [0.2, 0.25) is 5.02 Å². The van der Waals surface area contributed by atoms with Gasteiger partial charge in [-0.3, -0.25) is 4.79 Å². The summed E-state index contributed by atoms with van der Waals surface area (Å²) >= 11 is 5.93. The minimum atomic E-state index is -0.461. The van der Waals surface area contributed by atoms with Crippen LogP contribution in [0.5, 0.6) is 0 Å². The molecule has 0 radical (unpaired) electrons. The molecule has 1 aromatic carbocycles. The molecule has 110 valence electrons. The number of nitrogens with one attached hydrogen (secondary N) is 1. The number of nitrogens with zero attached hydrogens (tertiary/aromatic N) is 2. The average Bonchev–Trinajstić information content (AvgIpc) is 3.02. The van der Waals surface area contributed by atoms with Crippen LogP contribution in [0.3, 0.4) is 0 Å². The van der Waals surface area contributed by atoms with Gasteiger partial charge in [0.2, 0.25) is 0 Å². The van der Waals surface area contributed by atoms with E-state index in [2.05, 4.69) is 10.3 Å². The average molecular weight is 312 g/mol. The molecule has 0 saturated heterocycles. The SMILES string of the molecule is O=C(Nc1cc(Cl)ccn1)[C@@H](c1ccccc1)n1cccc1. The van der Waals surface area contributed by atoms with Gasteiger partial charge in [-0.1, -0.05) is 41.9 Å². The Morgan fingerprint density at radius 1 is 1.09 bits per heavy atom. The first kappa shape index (κ1) is 14.4. The summed E-state index contributed by atoms with van der Waals surface area (Å²) in [4.78, 5) is 16.8. The molecule has 1 N–H and O–H groups in total. The van der Waals surface area contributed by atoms with Gasteiger partial charge in [-0.2, -0.15) is 0 Å². The number of benzene rings is 1. The van der Waals surface area contributed by atoms with Crippen LogP contribution in [0, 0.1) is 0 Å². The predicted octanol–water partition coefficient (Wildman–Crippen LogP) is 3.76. The van der Waals surface area contributed by atoms with Gasteiger partial charge in [0.1, 0.15) is 11.9 Å². The van der Waals surface area contributed by atoms with Gasteiger partial charge in [0.25, 0.3) is 5.91 Å². The Hall–Kier alpha value is -2.59. The van der Waals surface area contributed by atoms with Gasteiger partial charge in [-0.15, -0.1) is 0 Å². The molecule has 0 fully saturated rings. The van der Waals surface area contributed by atoms with E-state index in [0.29, 0.717) is 10.8 Å². The lowest BCUT2D eigenvalue weighted by atomic mass is 10.1. The lowest BCUT2D eigenvalue weighted by Crippen LogP contribution is -2.26. The lowest BCUT2D eigenvalue weighted by Gasteiger charge is -2.19. The quantitative estimate of drug-likeness (QED) is 0.797. The van der Waals surface area contributed by atoms with Crippen molar-refractivity contribution < 1.29 is 4.79 Å². The number of amides is 1. The molecule has 3 rings (SSSR count). The first-order chi connectivity index (χ1) is 10.7. The maximum Gasteiger partial charge on any atom is 0.253 e. The van der Waals surface area contributed by atoms with Crippen molar-refractivity contribution in [3.63, 3.8) is 0 Å². The second-order valence-corrected chi connectivity index (χ2v) is 5.23. The molecular formula is C17H14ClN3O. The molecule has 2 aromatic heterocycles. The van der Waals surface area contributed by atoms with Crippen LogP contribution in [0.15, 0.2) is 73.2 Å². The Morgan fingerprint density at radius 2 is 1.82 bits per heavy atom. The molecule has 3 aromatic rings. The number of pyridine rings is 1. The van der Waals surface area contributed by atoms with Crippen LogP contribution >= 0.6 is 11.6 Å². The van der Waals surface area contributed by atoms with Gasteiger partial charge in [0.05, 0.1) is 0 Å². The number of halogens is 1. The molecule has 1 amide bonds. The normalized spacial score (nSPS) is 11.9. The largest absolute Gasteiger partial charge is 0.338 e. The molecule has 0 unspecified atom stereocenters. The van der Waals surface area contributed by atoms with Crippen LogP contribution in [-0.2, 0) is 4.79 Å². The summed E-state index contributed by atoms with van der Waals surface area (Å²) in [5, 5.41) is 3.34. The van der Waals surface area contributed by atoms with Crippen molar-refractivity contribution in [3.8, 4) is 0 Å². The lowest BCUT2D eigenvalue weighted by molar-refractivity contribution is -0.118. The van der Waals surface area contributed by atoms with Crippen molar-refractivity contribution in [1.29, 1.82) is 0 Å². The summed E-state index contributed by atoms with van der Waals surface area (Å²) in [6.45, 7) is 0. The maximum absolute atomic E-state index is 12.7. The summed E-state index contributed by atoms with van der Waals surface area (Å²) in [5.41, 5.74) is 0.901. The van der Waals surface area contributed by atoms with E-state index in [0.717, 1.165) is 5.56 Å². The van der Waals surface area contributed by atoms with Crippen molar-refractivity contribution >= 4 is 23.3 Å². The van der Waals surface area contributed by atoms with Crippen molar-refractivity contribution in [2.75, 3.05) is 5.32 Å². The molecule has 0 aliphatic heterocycles. The molecular weight excluding hydrogens is 298 g/mol. The monoisotopic (exact) mass is 311 g/mol. The van der Waals surface area contributed by atoms with Crippen molar-refractivity contribution in [1.82, 2.24) is 9.55 Å². The number of rotatable bonds is 4. The Kier molecular flexibility index (Phi) is 4.21. The zero-order chi connectivity index (χ0) is 15.4. The highest BCUT2D eigenvalue weighted by Gasteiger charge is 2.22. The molecule has 0 spiro atoms. The molecule has 1 atom stereocenters. The minimum absolute atomic E-state index is 0.169. The number of carbonyl (C=O) groups excluding carboxylic acids is 1. The van der Waals surface area contributed by atoms with E-state index in [1.165, 1.54) is 0 Å².